The molecule has 0 bridgehead atoms. The molecule has 1 rings (SSSR count). The molecule has 0 aliphatic rings. The predicted octanol–water partition coefficient (Wildman–Crippen LogP) is 4.36. The van der Waals surface area contributed by atoms with E-state index >= 15 is 0 Å². The molecule has 0 heterocycles. The molecule has 0 radical (unpaired) electrons. The van der Waals surface area contributed by atoms with Crippen molar-refractivity contribution < 1.29 is 9.84 Å². The average Bonchev–Trinajstić information content (AvgIpc) is 2.48. The lowest BCUT2D eigenvalue weighted by molar-refractivity contribution is 0.0709. The number of aliphatic hydroxyl groups excluding tert-OH is 1. The molecule has 24 heavy (non-hydrogen) atoms. The van der Waals surface area contributed by atoms with Gasteiger partial charge in [-0.1, -0.05) is 67.5 Å². The van der Waals surface area contributed by atoms with Gasteiger partial charge in [0.25, 0.3) is 0 Å². The molecule has 0 fully saturated rings. The molecule has 0 aliphatic carbocycles. The Morgan fingerprint density at radius 3 is 2.04 bits per heavy atom. The van der Waals surface area contributed by atoms with Crippen molar-refractivity contribution in [2.24, 2.45) is 0 Å². The van der Waals surface area contributed by atoms with Crippen LogP contribution < -0.4 is 4.74 Å². The van der Waals surface area contributed by atoms with E-state index < -0.39 is 6.10 Å². The van der Waals surface area contributed by atoms with E-state index in [4.69, 9.17) is 4.74 Å². The van der Waals surface area contributed by atoms with E-state index in [0.717, 1.165) is 18.8 Å². The van der Waals surface area contributed by atoms with Crippen LogP contribution in [0.4, 0.5) is 0 Å². The van der Waals surface area contributed by atoms with Crippen molar-refractivity contribution in [3.05, 3.63) is 29.3 Å². The Hall–Kier alpha value is -1.06. The summed E-state index contributed by atoms with van der Waals surface area (Å²) in [5.74, 6) is 0.883. The molecule has 0 saturated heterocycles. The maximum atomic E-state index is 10.3. The van der Waals surface area contributed by atoms with Gasteiger partial charge >= 0.3 is 0 Å². The summed E-state index contributed by atoms with van der Waals surface area (Å²) >= 11 is 0. The molecule has 1 aromatic rings. The van der Waals surface area contributed by atoms with Gasteiger partial charge in [0.05, 0.1) is 0 Å². The van der Waals surface area contributed by atoms with Crippen LogP contribution in [0.3, 0.4) is 0 Å². The molecule has 0 amide bonds. The number of nitrogens with zero attached hydrogens (tertiary/aromatic N) is 1. The number of benzene rings is 1. The third-order valence-corrected chi connectivity index (χ3v) is 4.45. The van der Waals surface area contributed by atoms with Crippen molar-refractivity contribution in [2.75, 3.05) is 26.2 Å². The van der Waals surface area contributed by atoms with Crippen LogP contribution in [0.1, 0.15) is 66.5 Å². The molecule has 0 saturated carbocycles. The van der Waals surface area contributed by atoms with Gasteiger partial charge in [0.2, 0.25) is 0 Å². The first-order chi connectivity index (χ1) is 11.0. The van der Waals surface area contributed by atoms with Crippen LogP contribution in [0.5, 0.6) is 5.75 Å². The number of ether oxygens (including phenoxy) is 1. The third-order valence-electron chi connectivity index (χ3n) is 4.45. The number of hydrogen-bond donors (Lipinski definition) is 1. The minimum absolute atomic E-state index is 0.000415. The Morgan fingerprint density at radius 2 is 1.58 bits per heavy atom. The number of aliphatic hydroxyl groups is 1. The van der Waals surface area contributed by atoms with Crippen LogP contribution in [0, 0.1) is 0 Å². The van der Waals surface area contributed by atoms with Crippen molar-refractivity contribution in [1.82, 2.24) is 4.90 Å². The molecule has 3 heteroatoms. The zero-order valence-electron chi connectivity index (χ0n) is 16.9. The molecule has 0 aliphatic heterocycles. The predicted molar refractivity (Wildman–Crippen MR) is 103 cm³/mol. The highest BCUT2D eigenvalue weighted by Crippen LogP contribution is 2.35. The van der Waals surface area contributed by atoms with E-state index in [2.05, 4.69) is 78.5 Å². The summed E-state index contributed by atoms with van der Waals surface area (Å²) in [4.78, 5) is 2.21. The Kier molecular flexibility index (Phi) is 7.30. The van der Waals surface area contributed by atoms with E-state index in [-0.39, 0.29) is 10.8 Å². The van der Waals surface area contributed by atoms with Crippen LogP contribution in [0.25, 0.3) is 0 Å². The van der Waals surface area contributed by atoms with Gasteiger partial charge in [0, 0.05) is 6.54 Å². The van der Waals surface area contributed by atoms with Gasteiger partial charge in [-0.15, -0.1) is 0 Å². The van der Waals surface area contributed by atoms with Crippen LogP contribution in [-0.2, 0) is 10.8 Å². The highest BCUT2D eigenvalue weighted by atomic mass is 16.5. The summed E-state index contributed by atoms with van der Waals surface area (Å²) in [7, 11) is 0. The molecule has 3 nitrogen and oxygen atoms in total. The fourth-order valence-corrected chi connectivity index (χ4v) is 2.73. The SMILES string of the molecule is CCN(CC)C[C@H](O)COc1ccc(C(C)(C)C)cc1C(C)(C)C. The zero-order chi connectivity index (χ0) is 18.5. The third kappa shape index (κ3) is 6.10. The topological polar surface area (TPSA) is 32.7 Å². The summed E-state index contributed by atoms with van der Waals surface area (Å²) in [5.41, 5.74) is 2.62. The lowest BCUT2D eigenvalue weighted by Crippen LogP contribution is -2.35. The second-order valence-corrected chi connectivity index (χ2v) is 8.66. The Morgan fingerprint density at radius 1 is 1.00 bits per heavy atom. The number of likely N-dealkylation sites (N-methyl/N-ethyl adjacent to an activating group) is 1. The molecular weight excluding hydrogens is 298 g/mol. The minimum Gasteiger partial charge on any atom is -0.491 e. The molecule has 1 aromatic carbocycles. The summed E-state index contributed by atoms with van der Waals surface area (Å²) < 4.78 is 6.01. The quantitative estimate of drug-likeness (QED) is 0.803. The fourth-order valence-electron chi connectivity index (χ4n) is 2.73. The smallest absolute Gasteiger partial charge is 0.123 e. The van der Waals surface area contributed by atoms with Gasteiger partial charge in [0.1, 0.15) is 18.5 Å². The molecule has 1 N–H and O–H groups in total. The van der Waals surface area contributed by atoms with E-state index in [1.807, 2.05) is 0 Å². The maximum absolute atomic E-state index is 10.3. The fraction of sp³-hybridized carbons (Fsp3) is 0.714. The summed E-state index contributed by atoms with van der Waals surface area (Å²) in [6.45, 7) is 20.4. The highest BCUT2D eigenvalue weighted by molar-refractivity contribution is 5.43. The van der Waals surface area contributed by atoms with Crippen molar-refractivity contribution in [3.8, 4) is 5.75 Å². The lowest BCUT2D eigenvalue weighted by atomic mass is 9.80. The van der Waals surface area contributed by atoms with Crippen molar-refractivity contribution in [3.63, 3.8) is 0 Å². The maximum Gasteiger partial charge on any atom is 0.123 e. The van der Waals surface area contributed by atoms with Crippen LogP contribution in [0.15, 0.2) is 18.2 Å². The van der Waals surface area contributed by atoms with Crippen LogP contribution in [-0.4, -0.2) is 42.4 Å². The lowest BCUT2D eigenvalue weighted by Gasteiger charge is -2.28. The number of rotatable bonds is 7. The van der Waals surface area contributed by atoms with Crippen LogP contribution >= 0.6 is 0 Å². The Balaban J connectivity index is 2.91. The van der Waals surface area contributed by atoms with Gasteiger partial charge in [-0.25, -0.2) is 0 Å². The van der Waals surface area contributed by atoms with Crippen molar-refractivity contribution in [1.29, 1.82) is 0 Å². The molecule has 1 atom stereocenters. The normalized spacial score (nSPS) is 14.1. The van der Waals surface area contributed by atoms with Gasteiger partial charge in [0.15, 0.2) is 0 Å². The molecule has 0 spiro atoms. The van der Waals surface area contributed by atoms with E-state index in [1.54, 1.807) is 0 Å². The van der Waals surface area contributed by atoms with Gasteiger partial charge in [-0.2, -0.15) is 0 Å². The van der Waals surface area contributed by atoms with Crippen molar-refractivity contribution in [2.45, 2.75) is 72.3 Å². The zero-order valence-corrected chi connectivity index (χ0v) is 16.9. The second kappa shape index (κ2) is 8.35. The standard InChI is InChI=1S/C21H37NO2/c1-9-22(10-2)14-17(23)15-24-19-12-11-16(20(3,4)5)13-18(19)21(6,7)8/h11-13,17,23H,9-10,14-15H2,1-8H3/t17-/m0/s1. The first-order valence-electron chi connectivity index (χ1n) is 9.17. The largest absolute Gasteiger partial charge is 0.491 e. The van der Waals surface area contributed by atoms with Crippen LogP contribution in [0.2, 0.25) is 0 Å². The average molecular weight is 336 g/mol. The summed E-state index contributed by atoms with van der Waals surface area (Å²) in [5, 5.41) is 10.3. The monoisotopic (exact) mass is 335 g/mol. The summed E-state index contributed by atoms with van der Waals surface area (Å²) in [6, 6.07) is 6.46. The minimum atomic E-state index is -0.472. The van der Waals surface area contributed by atoms with E-state index in [9.17, 15) is 5.11 Å². The number of hydrogen-bond acceptors (Lipinski definition) is 3. The summed E-state index contributed by atoms with van der Waals surface area (Å²) in [6.07, 6.45) is -0.472. The Bertz CT molecular complexity index is 508. The second-order valence-electron chi connectivity index (χ2n) is 8.66. The molecule has 138 valence electrons. The molecular formula is C21H37NO2. The Labute approximate surface area is 149 Å². The van der Waals surface area contributed by atoms with Gasteiger partial charge in [-0.3, -0.25) is 0 Å². The van der Waals surface area contributed by atoms with E-state index in [1.165, 1.54) is 11.1 Å². The molecule has 0 unspecified atom stereocenters. The van der Waals surface area contributed by atoms with Crippen molar-refractivity contribution >= 4 is 0 Å². The first kappa shape index (κ1) is 21.0. The van der Waals surface area contributed by atoms with E-state index in [0.29, 0.717) is 13.2 Å². The first-order valence-corrected chi connectivity index (χ1v) is 9.17. The highest BCUT2D eigenvalue weighted by Gasteiger charge is 2.23. The molecule has 0 aromatic heterocycles. The van der Waals surface area contributed by atoms with Gasteiger partial charge < -0.3 is 14.7 Å². The van der Waals surface area contributed by atoms with Gasteiger partial charge in [-0.05, 0) is 41.1 Å².